The summed E-state index contributed by atoms with van der Waals surface area (Å²) in [4.78, 5) is 11.7. The number of carbonyl (C=O) groups is 1. The van der Waals surface area contributed by atoms with Crippen LogP contribution in [0.1, 0.15) is 11.3 Å². The van der Waals surface area contributed by atoms with Crippen molar-refractivity contribution in [1.29, 1.82) is 0 Å². The van der Waals surface area contributed by atoms with Gasteiger partial charge in [0.05, 0.1) is 17.8 Å². The molecule has 1 aromatic heterocycles. The Bertz CT molecular complexity index is 712. The molecule has 0 bridgehead atoms. The minimum absolute atomic E-state index is 0.0119. The summed E-state index contributed by atoms with van der Waals surface area (Å²) < 4.78 is 7.09. The van der Waals surface area contributed by atoms with Crippen molar-refractivity contribution in [1.82, 2.24) is 15.2 Å². The molecule has 0 aliphatic carbocycles. The summed E-state index contributed by atoms with van der Waals surface area (Å²) in [5, 5.41) is 17.6. The van der Waals surface area contributed by atoms with E-state index >= 15 is 0 Å². The van der Waals surface area contributed by atoms with Crippen LogP contribution in [0.5, 0.6) is 11.5 Å². The largest absolute Gasteiger partial charge is 0.503 e. The molecule has 0 aliphatic rings. The van der Waals surface area contributed by atoms with Crippen molar-refractivity contribution in [2.45, 2.75) is 13.5 Å². The van der Waals surface area contributed by atoms with Gasteiger partial charge in [-0.05, 0) is 46.6 Å². The van der Waals surface area contributed by atoms with E-state index in [2.05, 4.69) is 31.6 Å². The highest BCUT2D eigenvalue weighted by Crippen LogP contribution is 2.34. The molecule has 0 radical (unpaired) electrons. The third-order valence-electron chi connectivity index (χ3n) is 2.90. The van der Waals surface area contributed by atoms with Gasteiger partial charge >= 0.3 is 0 Å². The Hall–Kier alpha value is -2.35. The van der Waals surface area contributed by atoms with Crippen LogP contribution in [-0.4, -0.2) is 34.1 Å². The Kier molecular flexibility index (Phi) is 5.16. The van der Waals surface area contributed by atoms with E-state index in [0.29, 0.717) is 15.8 Å². The maximum absolute atomic E-state index is 11.7. The number of nitrogens with zero attached hydrogens (tertiary/aromatic N) is 3. The molecule has 2 rings (SSSR count). The zero-order chi connectivity index (χ0) is 16.1. The van der Waals surface area contributed by atoms with Crippen LogP contribution in [0.4, 0.5) is 0 Å². The quantitative estimate of drug-likeness (QED) is 0.623. The summed E-state index contributed by atoms with van der Waals surface area (Å²) in [6.45, 7) is 1.96. The summed E-state index contributed by atoms with van der Waals surface area (Å²) in [5.74, 6) is 0.0417. The number of rotatable bonds is 5. The van der Waals surface area contributed by atoms with Gasteiger partial charge in [-0.1, -0.05) is 0 Å². The van der Waals surface area contributed by atoms with E-state index in [-0.39, 0.29) is 18.2 Å². The van der Waals surface area contributed by atoms with Gasteiger partial charge in [0, 0.05) is 11.9 Å². The van der Waals surface area contributed by atoms with Crippen molar-refractivity contribution in [2.75, 3.05) is 7.11 Å². The van der Waals surface area contributed by atoms with Crippen LogP contribution in [0.3, 0.4) is 0 Å². The van der Waals surface area contributed by atoms with Crippen LogP contribution in [0.2, 0.25) is 0 Å². The van der Waals surface area contributed by atoms with E-state index in [4.69, 9.17) is 4.74 Å². The van der Waals surface area contributed by atoms with Gasteiger partial charge in [-0.25, -0.2) is 5.43 Å². The number of carbonyl (C=O) groups excluding carboxylic acids is 1. The number of benzene rings is 1. The Labute approximate surface area is 135 Å². The normalized spacial score (nSPS) is 10.9. The van der Waals surface area contributed by atoms with Gasteiger partial charge < -0.3 is 9.84 Å². The molecule has 116 valence electrons. The Morgan fingerprint density at radius 3 is 3.00 bits per heavy atom. The van der Waals surface area contributed by atoms with Gasteiger partial charge in [0.25, 0.3) is 5.91 Å². The zero-order valence-electron chi connectivity index (χ0n) is 12.1. The summed E-state index contributed by atoms with van der Waals surface area (Å²) >= 11 is 3.22. The molecule has 0 atom stereocenters. The number of nitrogens with one attached hydrogen (secondary N) is 1. The van der Waals surface area contributed by atoms with Crippen molar-refractivity contribution >= 4 is 28.1 Å². The third kappa shape index (κ3) is 3.85. The van der Waals surface area contributed by atoms with Crippen molar-refractivity contribution in [3.05, 3.63) is 40.1 Å². The lowest BCUT2D eigenvalue weighted by atomic mass is 10.2. The maximum atomic E-state index is 11.7. The first-order valence-corrected chi connectivity index (χ1v) is 7.17. The highest BCUT2D eigenvalue weighted by atomic mass is 79.9. The third-order valence-corrected chi connectivity index (χ3v) is 3.50. The summed E-state index contributed by atoms with van der Waals surface area (Å²) in [6.07, 6.45) is 3.09. The van der Waals surface area contributed by atoms with Crippen LogP contribution < -0.4 is 10.2 Å². The lowest BCUT2D eigenvalue weighted by molar-refractivity contribution is -0.121. The number of hydrogen-bond acceptors (Lipinski definition) is 5. The Morgan fingerprint density at radius 2 is 2.36 bits per heavy atom. The Balaban J connectivity index is 1.99. The second-order valence-electron chi connectivity index (χ2n) is 4.48. The minimum Gasteiger partial charge on any atom is -0.503 e. The summed E-state index contributed by atoms with van der Waals surface area (Å²) in [5.41, 5.74) is 3.98. The number of methoxy groups -OCH3 is 1. The van der Waals surface area contributed by atoms with Gasteiger partial charge in [-0.3, -0.25) is 9.48 Å². The molecule has 1 aromatic carbocycles. The average molecular weight is 367 g/mol. The summed E-state index contributed by atoms with van der Waals surface area (Å²) in [7, 11) is 1.45. The number of hydrogen-bond donors (Lipinski definition) is 2. The van der Waals surface area contributed by atoms with Gasteiger partial charge in [-0.15, -0.1) is 0 Å². The van der Waals surface area contributed by atoms with Crippen LogP contribution in [0.25, 0.3) is 0 Å². The molecule has 8 heteroatoms. The number of ether oxygens (including phenoxy) is 1. The molecule has 2 N–H and O–H groups in total. The molecule has 22 heavy (non-hydrogen) atoms. The standard InChI is InChI=1S/C14H15BrN4O3/c1-9-3-4-17-19(9)8-13(20)18-16-7-10-5-11(15)14(21)12(6-10)22-2/h3-7,21H,8H2,1-2H3,(H,18,20). The second-order valence-corrected chi connectivity index (χ2v) is 5.33. The Morgan fingerprint density at radius 1 is 1.59 bits per heavy atom. The van der Waals surface area contributed by atoms with Crippen molar-refractivity contribution in [3.8, 4) is 11.5 Å². The second kappa shape index (κ2) is 7.08. The van der Waals surface area contributed by atoms with Crippen molar-refractivity contribution in [2.24, 2.45) is 5.10 Å². The molecule has 1 amide bonds. The first-order chi connectivity index (χ1) is 10.5. The summed E-state index contributed by atoms with van der Waals surface area (Å²) in [6, 6.07) is 5.08. The van der Waals surface area contributed by atoms with E-state index < -0.39 is 0 Å². The number of amides is 1. The van der Waals surface area contributed by atoms with Crippen molar-refractivity contribution < 1.29 is 14.6 Å². The highest BCUT2D eigenvalue weighted by Gasteiger charge is 2.08. The van der Waals surface area contributed by atoms with Crippen LogP contribution in [0, 0.1) is 6.92 Å². The first kappa shape index (κ1) is 16.0. The zero-order valence-corrected chi connectivity index (χ0v) is 13.7. The SMILES string of the molecule is COc1cc(C=NNC(=O)Cn2nccc2C)cc(Br)c1O. The molecule has 0 saturated heterocycles. The van der Waals surface area contributed by atoms with Gasteiger partial charge in [-0.2, -0.15) is 10.2 Å². The van der Waals surface area contributed by atoms with Crippen molar-refractivity contribution in [3.63, 3.8) is 0 Å². The average Bonchev–Trinajstić information content (AvgIpc) is 2.87. The maximum Gasteiger partial charge on any atom is 0.261 e. The number of aromatic nitrogens is 2. The van der Waals surface area contributed by atoms with Gasteiger partial charge in [0.15, 0.2) is 11.5 Å². The molecular weight excluding hydrogens is 352 g/mol. The van der Waals surface area contributed by atoms with Crippen LogP contribution >= 0.6 is 15.9 Å². The molecule has 1 heterocycles. The molecule has 2 aromatic rings. The smallest absolute Gasteiger partial charge is 0.261 e. The molecule has 7 nitrogen and oxygen atoms in total. The first-order valence-electron chi connectivity index (χ1n) is 6.38. The molecular formula is C14H15BrN4O3. The number of halogens is 1. The van der Waals surface area contributed by atoms with E-state index in [1.807, 2.05) is 13.0 Å². The van der Waals surface area contributed by atoms with E-state index in [1.165, 1.54) is 13.3 Å². The molecule has 0 fully saturated rings. The minimum atomic E-state index is -0.284. The molecule has 0 spiro atoms. The van der Waals surface area contributed by atoms with Gasteiger partial charge in [0.1, 0.15) is 6.54 Å². The van der Waals surface area contributed by atoms with Gasteiger partial charge in [0.2, 0.25) is 0 Å². The van der Waals surface area contributed by atoms with E-state index in [0.717, 1.165) is 5.69 Å². The fraction of sp³-hybridized carbons (Fsp3) is 0.214. The van der Waals surface area contributed by atoms with E-state index in [1.54, 1.807) is 23.0 Å². The molecule has 0 unspecified atom stereocenters. The number of phenolic OH excluding ortho intramolecular Hbond substituents is 1. The fourth-order valence-corrected chi connectivity index (χ4v) is 2.20. The number of aromatic hydroxyl groups is 1. The fourth-order valence-electron chi connectivity index (χ4n) is 1.74. The predicted octanol–water partition coefficient (Wildman–Crippen LogP) is 1.82. The highest BCUT2D eigenvalue weighted by molar-refractivity contribution is 9.10. The lowest BCUT2D eigenvalue weighted by Crippen LogP contribution is -2.24. The lowest BCUT2D eigenvalue weighted by Gasteiger charge is -2.06. The monoisotopic (exact) mass is 366 g/mol. The molecule has 0 aliphatic heterocycles. The van der Waals surface area contributed by atoms with Crippen LogP contribution in [-0.2, 0) is 11.3 Å². The number of phenols is 1. The van der Waals surface area contributed by atoms with Crippen LogP contribution in [0.15, 0.2) is 34.0 Å². The predicted molar refractivity (Wildman–Crippen MR) is 85.1 cm³/mol. The number of hydrazone groups is 1. The molecule has 0 saturated carbocycles. The topological polar surface area (TPSA) is 88.7 Å². The van der Waals surface area contributed by atoms with E-state index in [9.17, 15) is 9.90 Å². The number of aryl methyl sites for hydroxylation is 1.